The number of likely N-dealkylation sites (N-methyl/N-ethyl adjacent to an activating group) is 1. The fourth-order valence-corrected chi connectivity index (χ4v) is 4.78. The average molecular weight is 378 g/mol. The number of aliphatic hydroxyl groups is 1. The molecular formula is C18H26N4O3S. The standard InChI is InChI=1S/C18H26N4O3S/c1-12-13-15(19-11-20-16(13)26-14(12)17(23)25-4)22-8-5-6-18(24,7-9-22)10-21(2)3/h11,24H,5-10H2,1-4H3. The van der Waals surface area contributed by atoms with Crippen LogP contribution in [0.15, 0.2) is 6.33 Å². The van der Waals surface area contributed by atoms with Crippen molar-refractivity contribution in [1.82, 2.24) is 14.9 Å². The average Bonchev–Trinajstić information content (AvgIpc) is 2.81. The van der Waals surface area contributed by atoms with Crippen molar-refractivity contribution in [2.24, 2.45) is 0 Å². The molecule has 1 fully saturated rings. The molecule has 1 aliphatic rings. The van der Waals surface area contributed by atoms with E-state index in [0.717, 1.165) is 47.5 Å². The van der Waals surface area contributed by atoms with Gasteiger partial charge in [-0.1, -0.05) is 0 Å². The highest BCUT2D eigenvalue weighted by Crippen LogP contribution is 2.36. The Morgan fingerprint density at radius 1 is 1.38 bits per heavy atom. The number of aromatic nitrogens is 2. The van der Waals surface area contributed by atoms with Gasteiger partial charge in [0.2, 0.25) is 0 Å². The van der Waals surface area contributed by atoms with Crippen LogP contribution >= 0.6 is 11.3 Å². The third-order valence-corrected chi connectivity index (χ3v) is 6.08. The van der Waals surface area contributed by atoms with E-state index in [2.05, 4.69) is 14.9 Å². The van der Waals surface area contributed by atoms with Crippen LogP contribution < -0.4 is 4.90 Å². The van der Waals surface area contributed by atoms with Crippen molar-refractivity contribution in [2.45, 2.75) is 31.8 Å². The number of carbonyl (C=O) groups excluding carboxylic acids is 1. The van der Waals surface area contributed by atoms with Crippen molar-refractivity contribution >= 4 is 33.3 Å². The highest BCUT2D eigenvalue weighted by Gasteiger charge is 2.32. The van der Waals surface area contributed by atoms with Gasteiger partial charge in [0.15, 0.2) is 0 Å². The zero-order valence-corrected chi connectivity index (χ0v) is 16.6. The van der Waals surface area contributed by atoms with Gasteiger partial charge >= 0.3 is 5.97 Å². The second kappa shape index (κ2) is 7.46. The monoisotopic (exact) mass is 378 g/mol. The first kappa shape index (κ1) is 19.0. The van der Waals surface area contributed by atoms with E-state index in [4.69, 9.17) is 4.74 Å². The first-order valence-electron chi connectivity index (χ1n) is 8.79. The molecule has 0 saturated carbocycles. The molecule has 0 aromatic carbocycles. The molecule has 2 aromatic heterocycles. The number of aryl methyl sites for hydroxylation is 1. The Hall–Kier alpha value is -1.77. The maximum Gasteiger partial charge on any atom is 0.348 e. The van der Waals surface area contributed by atoms with E-state index < -0.39 is 5.60 Å². The lowest BCUT2D eigenvalue weighted by molar-refractivity contribution is 0.00537. The second-order valence-corrected chi connectivity index (χ2v) is 8.23. The van der Waals surface area contributed by atoms with Gasteiger partial charge in [0.05, 0.1) is 18.1 Å². The van der Waals surface area contributed by atoms with Crippen molar-refractivity contribution in [1.29, 1.82) is 0 Å². The summed E-state index contributed by atoms with van der Waals surface area (Å²) in [6.45, 7) is 4.12. The molecule has 1 unspecified atom stereocenters. The third-order valence-electron chi connectivity index (χ3n) is 4.90. The summed E-state index contributed by atoms with van der Waals surface area (Å²) in [4.78, 5) is 26.5. The Morgan fingerprint density at radius 3 is 2.85 bits per heavy atom. The summed E-state index contributed by atoms with van der Waals surface area (Å²) in [5.74, 6) is 0.501. The minimum absolute atomic E-state index is 0.340. The molecule has 1 saturated heterocycles. The molecule has 3 rings (SSSR count). The van der Waals surface area contributed by atoms with Gasteiger partial charge in [0.25, 0.3) is 0 Å². The normalized spacial score (nSPS) is 21.2. The smallest absolute Gasteiger partial charge is 0.348 e. The van der Waals surface area contributed by atoms with E-state index in [1.165, 1.54) is 18.4 Å². The Labute approximate surface area is 157 Å². The molecule has 1 aliphatic heterocycles. The first-order valence-corrected chi connectivity index (χ1v) is 9.61. The molecule has 0 amide bonds. The van der Waals surface area contributed by atoms with Crippen molar-refractivity contribution in [3.05, 3.63) is 16.8 Å². The van der Waals surface area contributed by atoms with Gasteiger partial charge in [-0.05, 0) is 45.8 Å². The van der Waals surface area contributed by atoms with Gasteiger partial charge in [-0.15, -0.1) is 11.3 Å². The number of hydrogen-bond acceptors (Lipinski definition) is 8. The van der Waals surface area contributed by atoms with Gasteiger partial charge in [-0.3, -0.25) is 0 Å². The number of thiophene rings is 1. The van der Waals surface area contributed by atoms with Crippen LogP contribution in [-0.4, -0.2) is 72.4 Å². The summed E-state index contributed by atoms with van der Waals surface area (Å²) < 4.78 is 4.89. The first-order chi connectivity index (χ1) is 12.3. The maximum atomic E-state index is 12.0. The molecule has 0 spiro atoms. The highest BCUT2D eigenvalue weighted by atomic mass is 32.1. The minimum Gasteiger partial charge on any atom is -0.465 e. The molecule has 1 N–H and O–H groups in total. The summed E-state index contributed by atoms with van der Waals surface area (Å²) in [6.07, 6.45) is 3.89. The van der Waals surface area contributed by atoms with E-state index in [1.54, 1.807) is 6.33 Å². The SMILES string of the molecule is COC(=O)c1sc2ncnc(N3CCCC(O)(CN(C)C)CC3)c2c1C. The number of rotatable bonds is 4. The molecule has 2 aromatic rings. The topological polar surface area (TPSA) is 78.8 Å². The molecule has 26 heavy (non-hydrogen) atoms. The molecule has 8 heteroatoms. The quantitative estimate of drug-likeness (QED) is 0.816. The Bertz CT molecular complexity index is 807. The summed E-state index contributed by atoms with van der Waals surface area (Å²) >= 11 is 1.34. The van der Waals surface area contributed by atoms with Crippen molar-refractivity contribution in [3.8, 4) is 0 Å². The summed E-state index contributed by atoms with van der Waals surface area (Å²) in [5, 5.41) is 11.8. The van der Waals surface area contributed by atoms with Gasteiger partial charge in [0, 0.05) is 19.6 Å². The van der Waals surface area contributed by atoms with E-state index >= 15 is 0 Å². The van der Waals surface area contributed by atoms with Gasteiger partial charge in [-0.2, -0.15) is 0 Å². The predicted octanol–water partition coefficient (Wildman–Crippen LogP) is 2.07. The van der Waals surface area contributed by atoms with Crippen LogP contribution in [0.5, 0.6) is 0 Å². The Morgan fingerprint density at radius 2 is 2.15 bits per heavy atom. The van der Waals surface area contributed by atoms with Crippen molar-refractivity contribution in [2.75, 3.05) is 45.7 Å². The number of fused-ring (bicyclic) bond motifs is 1. The summed E-state index contributed by atoms with van der Waals surface area (Å²) in [7, 11) is 5.36. The van der Waals surface area contributed by atoms with Crippen LogP contribution in [0.2, 0.25) is 0 Å². The van der Waals surface area contributed by atoms with E-state index in [0.29, 0.717) is 17.8 Å². The van der Waals surface area contributed by atoms with Gasteiger partial charge in [-0.25, -0.2) is 14.8 Å². The summed E-state index contributed by atoms with van der Waals surface area (Å²) in [6, 6.07) is 0. The molecule has 0 bridgehead atoms. The second-order valence-electron chi connectivity index (χ2n) is 7.23. The molecule has 0 aliphatic carbocycles. The van der Waals surface area contributed by atoms with Crippen molar-refractivity contribution in [3.63, 3.8) is 0 Å². The lowest BCUT2D eigenvalue weighted by Gasteiger charge is -2.30. The Balaban J connectivity index is 1.93. The van der Waals surface area contributed by atoms with E-state index in [-0.39, 0.29) is 5.97 Å². The maximum absolute atomic E-state index is 12.0. The molecule has 3 heterocycles. The zero-order chi connectivity index (χ0) is 18.9. The van der Waals surface area contributed by atoms with Crippen LogP contribution in [0.1, 0.15) is 34.5 Å². The highest BCUT2D eigenvalue weighted by molar-refractivity contribution is 7.20. The number of anilines is 1. The van der Waals surface area contributed by atoms with Crippen LogP contribution in [0, 0.1) is 6.92 Å². The van der Waals surface area contributed by atoms with Crippen molar-refractivity contribution < 1.29 is 14.6 Å². The largest absolute Gasteiger partial charge is 0.465 e. The van der Waals surface area contributed by atoms with Crippen LogP contribution in [0.25, 0.3) is 10.2 Å². The third kappa shape index (κ3) is 3.67. The molecular weight excluding hydrogens is 352 g/mol. The van der Waals surface area contributed by atoms with Gasteiger partial charge < -0.3 is 19.6 Å². The number of carbonyl (C=O) groups is 1. The molecule has 142 valence electrons. The number of nitrogens with zero attached hydrogens (tertiary/aromatic N) is 4. The number of ether oxygens (including phenoxy) is 1. The zero-order valence-electron chi connectivity index (χ0n) is 15.8. The van der Waals surface area contributed by atoms with E-state index in [1.807, 2.05) is 25.9 Å². The molecule has 0 radical (unpaired) electrons. The van der Waals surface area contributed by atoms with E-state index in [9.17, 15) is 9.90 Å². The Kier molecular flexibility index (Phi) is 5.45. The number of esters is 1. The molecule has 7 nitrogen and oxygen atoms in total. The lowest BCUT2D eigenvalue weighted by Crippen LogP contribution is -2.41. The predicted molar refractivity (Wildman–Crippen MR) is 103 cm³/mol. The van der Waals surface area contributed by atoms with Crippen LogP contribution in [0.4, 0.5) is 5.82 Å². The number of hydrogen-bond donors (Lipinski definition) is 1. The molecule has 1 atom stereocenters. The van der Waals surface area contributed by atoms with Gasteiger partial charge in [0.1, 0.15) is 21.9 Å². The summed E-state index contributed by atoms with van der Waals surface area (Å²) in [5.41, 5.74) is 0.186. The fraction of sp³-hybridized carbons (Fsp3) is 0.611. The number of methoxy groups -OCH3 is 1. The minimum atomic E-state index is -0.675. The fourth-order valence-electron chi connectivity index (χ4n) is 3.72. The van der Waals surface area contributed by atoms with Crippen LogP contribution in [-0.2, 0) is 4.74 Å². The van der Waals surface area contributed by atoms with Crippen LogP contribution in [0.3, 0.4) is 0 Å². The lowest BCUT2D eigenvalue weighted by atomic mass is 9.94.